The van der Waals surface area contributed by atoms with Crippen LogP contribution in [0, 0.1) is 6.92 Å². The Bertz CT molecular complexity index is 626. The lowest BCUT2D eigenvalue weighted by Crippen LogP contribution is -2.31. The molecule has 1 aromatic rings. The average Bonchev–Trinajstić information content (AvgIpc) is 3.09. The van der Waals surface area contributed by atoms with E-state index in [4.69, 9.17) is 0 Å². The van der Waals surface area contributed by atoms with Crippen molar-refractivity contribution in [2.24, 2.45) is 0 Å². The van der Waals surface area contributed by atoms with Crippen molar-refractivity contribution < 1.29 is 8.42 Å². The maximum Gasteiger partial charge on any atom is 0.211 e. The van der Waals surface area contributed by atoms with Crippen molar-refractivity contribution in [2.45, 2.75) is 38.6 Å². The van der Waals surface area contributed by atoms with E-state index in [1.165, 1.54) is 23.4 Å². The number of anilines is 1. The Morgan fingerprint density at radius 1 is 1.14 bits per heavy atom. The number of nitrogens with zero attached hydrogens (tertiary/aromatic N) is 4. The van der Waals surface area contributed by atoms with Crippen molar-refractivity contribution in [3.8, 4) is 0 Å². The van der Waals surface area contributed by atoms with Crippen molar-refractivity contribution >= 4 is 15.8 Å². The molecule has 0 radical (unpaired) electrons. The van der Waals surface area contributed by atoms with Gasteiger partial charge in [0.1, 0.15) is 11.6 Å². The quantitative estimate of drug-likeness (QED) is 0.846. The van der Waals surface area contributed by atoms with Crippen LogP contribution in [0.1, 0.15) is 43.2 Å². The highest BCUT2D eigenvalue weighted by molar-refractivity contribution is 7.88. The van der Waals surface area contributed by atoms with E-state index in [9.17, 15) is 8.42 Å². The highest BCUT2D eigenvalue weighted by atomic mass is 32.2. The van der Waals surface area contributed by atoms with Crippen LogP contribution < -0.4 is 4.90 Å². The number of hydrogen-bond donors (Lipinski definition) is 0. The molecule has 1 atom stereocenters. The summed E-state index contributed by atoms with van der Waals surface area (Å²) in [5, 5.41) is 0. The summed E-state index contributed by atoms with van der Waals surface area (Å²) in [5.41, 5.74) is 0.905. The van der Waals surface area contributed by atoms with Crippen molar-refractivity contribution in [2.75, 3.05) is 30.8 Å². The molecule has 0 N–H and O–H groups in total. The van der Waals surface area contributed by atoms with Gasteiger partial charge in [0.05, 0.1) is 12.3 Å². The normalized spacial score (nSPS) is 23.9. The third kappa shape index (κ3) is 3.03. The Labute approximate surface area is 126 Å². The van der Waals surface area contributed by atoms with Crippen LogP contribution in [-0.4, -0.2) is 48.6 Å². The van der Waals surface area contributed by atoms with E-state index in [0.717, 1.165) is 37.4 Å². The predicted octanol–water partition coefficient (Wildman–Crippen LogP) is 1.48. The molecular formula is C14H22N4O2S. The number of sulfonamides is 1. The van der Waals surface area contributed by atoms with Gasteiger partial charge in [-0.05, 0) is 32.6 Å². The smallest absolute Gasteiger partial charge is 0.211 e. The first-order valence-electron chi connectivity index (χ1n) is 7.52. The topological polar surface area (TPSA) is 66.4 Å². The molecule has 1 aromatic heterocycles. The van der Waals surface area contributed by atoms with Crippen molar-refractivity contribution in [1.29, 1.82) is 0 Å². The molecule has 7 heteroatoms. The zero-order chi connectivity index (χ0) is 15.0. The predicted molar refractivity (Wildman–Crippen MR) is 81.7 cm³/mol. The molecule has 2 aliphatic rings. The Balaban J connectivity index is 1.94. The second kappa shape index (κ2) is 5.53. The van der Waals surface area contributed by atoms with E-state index in [0.29, 0.717) is 12.4 Å². The summed E-state index contributed by atoms with van der Waals surface area (Å²) >= 11 is 0. The maximum atomic E-state index is 11.9. The zero-order valence-electron chi connectivity index (χ0n) is 12.6. The van der Waals surface area contributed by atoms with E-state index >= 15 is 0 Å². The molecule has 6 nitrogen and oxygen atoms in total. The van der Waals surface area contributed by atoms with Crippen LogP contribution in [0.15, 0.2) is 6.07 Å². The summed E-state index contributed by atoms with van der Waals surface area (Å²) < 4.78 is 25.3. The highest BCUT2D eigenvalue weighted by Crippen LogP contribution is 2.33. The maximum absolute atomic E-state index is 11.9. The molecule has 21 heavy (non-hydrogen) atoms. The molecule has 0 spiro atoms. The minimum absolute atomic E-state index is 0.207. The molecule has 0 bridgehead atoms. The Morgan fingerprint density at radius 2 is 1.86 bits per heavy atom. The van der Waals surface area contributed by atoms with E-state index in [-0.39, 0.29) is 6.04 Å². The molecule has 116 valence electrons. The Kier molecular flexibility index (Phi) is 3.88. The molecule has 3 rings (SSSR count). The van der Waals surface area contributed by atoms with Crippen LogP contribution in [0.4, 0.5) is 5.82 Å². The molecule has 0 unspecified atom stereocenters. The fourth-order valence-electron chi connectivity index (χ4n) is 3.23. The van der Waals surface area contributed by atoms with Crippen LogP contribution in [0.25, 0.3) is 0 Å². The van der Waals surface area contributed by atoms with Crippen molar-refractivity contribution in [1.82, 2.24) is 14.3 Å². The first-order valence-corrected chi connectivity index (χ1v) is 9.37. The highest BCUT2D eigenvalue weighted by Gasteiger charge is 2.35. The van der Waals surface area contributed by atoms with Gasteiger partial charge in [0.2, 0.25) is 10.0 Å². The van der Waals surface area contributed by atoms with Crippen LogP contribution in [-0.2, 0) is 10.0 Å². The van der Waals surface area contributed by atoms with Gasteiger partial charge in [0.25, 0.3) is 0 Å². The summed E-state index contributed by atoms with van der Waals surface area (Å²) in [5.74, 6) is 1.59. The first kappa shape index (κ1) is 14.7. The second-order valence-electron chi connectivity index (χ2n) is 5.95. The van der Waals surface area contributed by atoms with Gasteiger partial charge in [-0.15, -0.1) is 0 Å². The van der Waals surface area contributed by atoms with Crippen LogP contribution in [0.5, 0.6) is 0 Å². The van der Waals surface area contributed by atoms with E-state index < -0.39 is 10.0 Å². The number of rotatable bonds is 3. The third-order valence-corrected chi connectivity index (χ3v) is 5.50. The lowest BCUT2D eigenvalue weighted by molar-refractivity contribution is 0.386. The summed E-state index contributed by atoms with van der Waals surface area (Å²) in [6, 6.07) is 1.79. The van der Waals surface area contributed by atoms with Gasteiger partial charge >= 0.3 is 0 Å². The van der Waals surface area contributed by atoms with E-state index in [1.54, 1.807) is 0 Å². The van der Waals surface area contributed by atoms with E-state index in [1.807, 2.05) is 13.0 Å². The average molecular weight is 310 g/mol. The van der Waals surface area contributed by atoms with Crippen molar-refractivity contribution in [3.63, 3.8) is 0 Å². The number of hydrogen-bond acceptors (Lipinski definition) is 5. The first-order chi connectivity index (χ1) is 9.95. The summed E-state index contributed by atoms with van der Waals surface area (Å²) in [6.45, 7) is 4.57. The number of aryl methyl sites for hydroxylation is 1. The summed E-state index contributed by atoms with van der Waals surface area (Å²) in [6.07, 6.45) is 5.32. The van der Waals surface area contributed by atoms with Gasteiger partial charge in [-0.2, -0.15) is 4.31 Å². The van der Waals surface area contributed by atoms with Crippen molar-refractivity contribution in [3.05, 3.63) is 17.6 Å². The molecule has 0 aromatic carbocycles. The molecule has 2 fully saturated rings. The van der Waals surface area contributed by atoms with Crippen LogP contribution in [0.2, 0.25) is 0 Å². The lowest BCUT2D eigenvalue weighted by Gasteiger charge is -2.23. The molecule has 0 amide bonds. The minimum atomic E-state index is -3.20. The van der Waals surface area contributed by atoms with Crippen LogP contribution >= 0.6 is 0 Å². The fraction of sp³-hybridized carbons (Fsp3) is 0.714. The minimum Gasteiger partial charge on any atom is -0.357 e. The molecular weight excluding hydrogens is 288 g/mol. The van der Waals surface area contributed by atoms with Crippen LogP contribution in [0.3, 0.4) is 0 Å². The van der Waals surface area contributed by atoms with Gasteiger partial charge < -0.3 is 4.90 Å². The monoisotopic (exact) mass is 310 g/mol. The number of aromatic nitrogens is 2. The van der Waals surface area contributed by atoms with Gasteiger partial charge in [-0.3, -0.25) is 0 Å². The zero-order valence-corrected chi connectivity index (χ0v) is 13.4. The van der Waals surface area contributed by atoms with E-state index in [2.05, 4.69) is 14.9 Å². The molecule has 2 saturated heterocycles. The molecule has 3 heterocycles. The van der Waals surface area contributed by atoms with Gasteiger partial charge in [0.15, 0.2) is 0 Å². The van der Waals surface area contributed by atoms with Gasteiger partial charge in [-0.25, -0.2) is 18.4 Å². The fourth-order valence-corrected chi connectivity index (χ4v) is 4.35. The Morgan fingerprint density at radius 3 is 2.52 bits per heavy atom. The van der Waals surface area contributed by atoms with Gasteiger partial charge in [0, 0.05) is 31.4 Å². The Hall–Kier alpha value is -1.21. The largest absolute Gasteiger partial charge is 0.357 e. The lowest BCUT2D eigenvalue weighted by atomic mass is 10.2. The second-order valence-corrected chi connectivity index (χ2v) is 7.89. The van der Waals surface area contributed by atoms with Gasteiger partial charge in [-0.1, -0.05) is 0 Å². The standard InChI is InChI=1S/C14H22N4O2S/c1-11-10-13(17-7-3-4-8-17)16-14(15-11)12-6-5-9-18(12)21(2,19)20/h10,12H,3-9H2,1-2H3/t12-/m0/s1. The SMILES string of the molecule is Cc1cc(N2CCCC2)nc([C@@H]2CCCN2S(C)(=O)=O)n1. The molecule has 0 aliphatic carbocycles. The summed E-state index contributed by atoms with van der Waals surface area (Å²) in [4.78, 5) is 11.4. The molecule has 0 saturated carbocycles. The third-order valence-electron chi connectivity index (χ3n) is 4.22. The molecule has 2 aliphatic heterocycles. The summed E-state index contributed by atoms with van der Waals surface area (Å²) in [7, 11) is -3.20.